The van der Waals surface area contributed by atoms with Crippen molar-refractivity contribution in [3.63, 3.8) is 0 Å². The zero-order valence-corrected chi connectivity index (χ0v) is 8.67. The Bertz CT molecular complexity index is 152. The molecule has 2 heterocycles. The lowest BCUT2D eigenvalue weighted by atomic mass is 9.97. The first-order chi connectivity index (χ1) is 6.42. The van der Waals surface area contributed by atoms with Gasteiger partial charge in [0, 0.05) is 18.7 Å². The molecule has 0 radical (unpaired) electrons. The highest BCUT2D eigenvalue weighted by Gasteiger charge is 2.29. The van der Waals surface area contributed by atoms with E-state index in [4.69, 9.17) is 4.74 Å². The van der Waals surface area contributed by atoms with E-state index in [1.165, 1.54) is 38.6 Å². The number of hydrogen-bond acceptors (Lipinski definition) is 2. The molecule has 1 unspecified atom stereocenters. The molecule has 0 saturated carbocycles. The van der Waals surface area contributed by atoms with Crippen molar-refractivity contribution in [2.45, 2.75) is 51.1 Å². The quantitative estimate of drug-likeness (QED) is 0.649. The predicted molar refractivity (Wildman–Crippen MR) is 53.9 cm³/mol. The van der Waals surface area contributed by atoms with Crippen LogP contribution in [0.4, 0.5) is 0 Å². The molecule has 0 spiro atoms. The summed E-state index contributed by atoms with van der Waals surface area (Å²) in [5.74, 6) is 0. The Morgan fingerprint density at radius 3 is 2.92 bits per heavy atom. The van der Waals surface area contributed by atoms with Crippen molar-refractivity contribution >= 4 is 0 Å². The van der Waals surface area contributed by atoms with E-state index >= 15 is 0 Å². The van der Waals surface area contributed by atoms with Crippen LogP contribution in [0.3, 0.4) is 0 Å². The predicted octanol–water partition coefficient (Wildman–Crippen LogP) is 2.04. The van der Waals surface area contributed by atoms with Crippen LogP contribution in [0, 0.1) is 0 Å². The lowest BCUT2D eigenvalue weighted by Crippen LogP contribution is -2.46. The fraction of sp³-hybridized carbons (Fsp3) is 1.00. The van der Waals surface area contributed by atoms with Gasteiger partial charge in [0.15, 0.2) is 0 Å². The molecular formula is C11H21NO. The van der Waals surface area contributed by atoms with Crippen LogP contribution in [-0.2, 0) is 4.74 Å². The Morgan fingerprint density at radius 1 is 1.31 bits per heavy atom. The van der Waals surface area contributed by atoms with Gasteiger partial charge in [-0.05, 0) is 32.2 Å². The number of rotatable bonds is 2. The van der Waals surface area contributed by atoms with Crippen molar-refractivity contribution in [2.24, 2.45) is 0 Å². The van der Waals surface area contributed by atoms with Gasteiger partial charge < -0.3 is 4.74 Å². The monoisotopic (exact) mass is 183 g/mol. The van der Waals surface area contributed by atoms with Gasteiger partial charge in [-0.3, -0.25) is 4.90 Å². The minimum absolute atomic E-state index is 0.741. The Labute approximate surface area is 81.3 Å². The first kappa shape index (κ1) is 9.47. The highest BCUT2D eigenvalue weighted by atomic mass is 16.5. The third-order valence-electron chi connectivity index (χ3n) is 3.52. The fourth-order valence-corrected chi connectivity index (χ4v) is 2.73. The SMILES string of the molecule is CCC1CCCCN1[C@H]1CCOC1. The molecule has 2 nitrogen and oxygen atoms in total. The highest BCUT2D eigenvalue weighted by Crippen LogP contribution is 2.25. The third-order valence-corrected chi connectivity index (χ3v) is 3.52. The van der Waals surface area contributed by atoms with E-state index in [1.54, 1.807) is 0 Å². The number of nitrogens with zero attached hydrogens (tertiary/aromatic N) is 1. The van der Waals surface area contributed by atoms with E-state index in [9.17, 15) is 0 Å². The van der Waals surface area contributed by atoms with Gasteiger partial charge >= 0.3 is 0 Å². The zero-order chi connectivity index (χ0) is 9.10. The molecule has 76 valence electrons. The molecule has 2 aliphatic heterocycles. The first-order valence-corrected chi connectivity index (χ1v) is 5.75. The highest BCUT2D eigenvalue weighted by molar-refractivity contribution is 4.84. The molecule has 2 saturated heterocycles. The Kier molecular flexibility index (Phi) is 3.23. The largest absolute Gasteiger partial charge is 0.380 e. The van der Waals surface area contributed by atoms with Crippen molar-refractivity contribution in [1.82, 2.24) is 4.90 Å². The topological polar surface area (TPSA) is 12.5 Å². The summed E-state index contributed by atoms with van der Waals surface area (Å²) in [5.41, 5.74) is 0. The van der Waals surface area contributed by atoms with Crippen LogP contribution in [-0.4, -0.2) is 36.7 Å². The Hall–Kier alpha value is -0.0800. The zero-order valence-electron chi connectivity index (χ0n) is 8.67. The minimum Gasteiger partial charge on any atom is -0.380 e. The molecule has 13 heavy (non-hydrogen) atoms. The van der Waals surface area contributed by atoms with Crippen molar-refractivity contribution < 1.29 is 4.74 Å². The molecule has 0 amide bonds. The van der Waals surface area contributed by atoms with Crippen LogP contribution in [0.15, 0.2) is 0 Å². The van der Waals surface area contributed by atoms with E-state index < -0.39 is 0 Å². The average molecular weight is 183 g/mol. The number of piperidine rings is 1. The second-order valence-electron chi connectivity index (χ2n) is 4.31. The summed E-state index contributed by atoms with van der Waals surface area (Å²) in [4.78, 5) is 2.70. The van der Waals surface area contributed by atoms with Crippen LogP contribution < -0.4 is 0 Å². The lowest BCUT2D eigenvalue weighted by Gasteiger charge is -2.38. The van der Waals surface area contributed by atoms with E-state index in [2.05, 4.69) is 11.8 Å². The molecule has 2 heteroatoms. The number of hydrogen-bond donors (Lipinski definition) is 0. The third kappa shape index (κ3) is 2.05. The van der Waals surface area contributed by atoms with Crippen molar-refractivity contribution in [3.05, 3.63) is 0 Å². The molecule has 0 aromatic carbocycles. The summed E-state index contributed by atoms with van der Waals surface area (Å²) in [6, 6.07) is 1.59. The molecule has 2 aliphatic rings. The van der Waals surface area contributed by atoms with Gasteiger partial charge in [-0.15, -0.1) is 0 Å². The van der Waals surface area contributed by atoms with Gasteiger partial charge in [0.05, 0.1) is 6.61 Å². The number of ether oxygens (including phenoxy) is 1. The van der Waals surface area contributed by atoms with Crippen molar-refractivity contribution in [1.29, 1.82) is 0 Å². The molecule has 0 bridgehead atoms. The summed E-state index contributed by atoms with van der Waals surface area (Å²) in [6.45, 7) is 5.60. The lowest BCUT2D eigenvalue weighted by molar-refractivity contribution is 0.0784. The summed E-state index contributed by atoms with van der Waals surface area (Å²) in [7, 11) is 0. The van der Waals surface area contributed by atoms with Crippen molar-refractivity contribution in [3.8, 4) is 0 Å². The molecule has 2 atom stereocenters. The van der Waals surface area contributed by atoms with Gasteiger partial charge in [0.1, 0.15) is 0 Å². The Morgan fingerprint density at radius 2 is 2.23 bits per heavy atom. The van der Waals surface area contributed by atoms with Gasteiger partial charge in [0.2, 0.25) is 0 Å². The summed E-state index contributed by atoms with van der Waals surface area (Å²) < 4.78 is 5.46. The maximum Gasteiger partial charge on any atom is 0.0622 e. The van der Waals surface area contributed by atoms with E-state index in [1.807, 2.05) is 0 Å². The van der Waals surface area contributed by atoms with E-state index in [0.717, 1.165) is 25.3 Å². The van der Waals surface area contributed by atoms with Crippen LogP contribution in [0.1, 0.15) is 39.0 Å². The van der Waals surface area contributed by atoms with Crippen LogP contribution in [0.2, 0.25) is 0 Å². The van der Waals surface area contributed by atoms with Crippen LogP contribution in [0.5, 0.6) is 0 Å². The first-order valence-electron chi connectivity index (χ1n) is 5.75. The van der Waals surface area contributed by atoms with Crippen molar-refractivity contribution in [2.75, 3.05) is 19.8 Å². The molecule has 0 aromatic rings. The molecule has 0 N–H and O–H groups in total. The summed E-state index contributed by atoms with van der Waals surface area (Å²) >= 11 is 0. The molecule has 0 aliphatic carbocycles. The minimum atomic E-state index is 0.741. The second kappa shape index (κ2) is 4.43. The standard InChI is InChI=1S/C11H21NO/c1-2-10-5-3-4-7-12(10)11-6-8-13-9-11/h10-11H,2-9H2,1H3/t10?,11-/m0/s1. The maximum atomic E-state index is 5.46. The van der Waals surface area contributed by atoms with E-state index in [-0.39, 0.29) is 0 Å². The smallest absolute Gasteiger partial charge is 0.0622 e. The summed E-state index contributed by atoms with van der Waals surface area (Å²) in [5, 5.41) is 0. The molecule has 2 fully saturated rings. The van der Waals surface area contributed by atoms with Crippen LogP contribution in [0.25, 0.3) is 0 Å². The fourth-order valence-electron chi connectivity index (χ4n) is 2.73. The van der Waals surface area contributed by atoms with Crippen LogP contribution >= 0.6 is 0 Å². The van der Waals surface area contributed by atoms with Gasteiger partial charge in [-0.1, -0.05) is 13.3 Å². The van der Waals surface area contributed by atoms with Gasteiger partial charge in [0.25, 0.3) is 0 Å². The maximum absolute atomic E-state index is 5.46. The van der Waals surface area contributed by atoms with E-state index in [0.29, 0.717) is 0 Å². The molecule has 0 aromatic heterocycles. The Balaban J connectivity index is 1.93. The summed E-state index contributed by atoms with van der Waals surface area (Å²) in [6.07, 6.45) is 6.82. The van der Waals surface area contributed by atoms with Gasteiger partial charge in [-0.2, -0.15) is 0 Å². The second-order valence-corrected chi connectivity index (χ2v) is 4.31. The average Bonchev–Trinajstić information content (AvgIpc) is 2.70. The molecular weight excluding hydrogens is 162 g/mol. The normalized spacial score (nSPS) is 36.7. The van der Waals surface area contributed by atoms with Gasteiger partial charge in [-0.25, -0.2) is 0 Å². The molecule has 2 rings (SSSR count). The number of likely N-dealkylation sites (tertiary alicyclic amines) is 1.